The summed E-state index contributed by atoms with van der Waals surface area (Å²) in [6.07, 6.45) is 4.72. The molecule has 1 heterocycles. The Morgan fingerprint density at radius 2 is 2.04 bits per heavy atom. The van der Waals surface area contributed by atoms with Gasteiger partial charge in [-0.3, -0.25) is 9.69 Å². The number of aliphatic hydroxyl groups excluding tert-OH is 1. The van der Waals surface area contributed by atoms with E-state index < -0.39 is 0 Å². The van der Waals surface area contributed by atoms with Gasteiger partial charge in [-0.05, 0) is 18.4 Å². The number of nitrogens with zero attached hydrogens (tertiary/aromatic N) is 2. The maximum atomic E-state index is 12.9. The number of carbonyl (C=O) groups is 1. The van der Waals surface area contributed by atoms with E-state index in [1.54, 1.807) is 0 Å². The second-order valence-electron chi connectivity index (χ2n) is 6.77. The predicted molar refractivity (Wildman–Crippen MR) is 92.5 cm³/mol. The van der Waals surface area contributed by atoms with E-state index in [2.05, 4.69) is 12.1 Å². The molecule has 0 bridgehead atoms. The van der Waals surface area contributed by atoms with Crippen LogP contribution in [0.15, 0.2) is 30.3 Å². The molecule has 1 aromatic rings. The van der Waals surface area contributed by atoms with Gasteiger partial charge in [0.2, 0.25) is 5.91 Å². The zero-order valence-electron chi connectivity index (χ0n) is 14.3. The summed E-state index contributed by atoms with van der Waals surface area (Å²) in [5, 5.41) is 9.34. The molecule has 24 heavy (non-hydrogen) atoms. The first-order valence-electron chi connectivity index (χ1n) is 9.06. The van der Waals surface area contributed by atoms with Gasteiger partial charge in [0.05, 0.1) is 31.9 Å². The van der Waals surface area contributed by atoms with Gasteiger partial charge in [0, 0.05) is 19.6 Å². The molecule has 1 saturated carbocycles. The van der Waals surface area contributed by atoms with Crippen LogP contribution in [0.3, 0.4) is 0 Å². The average Bonchev–Trinajstić information content (AvgIpc) is 2.62. The Balaban J connectivity index is 1.62. The van der Waals surface area contributed by atoms with Gasteiger partial charge < -0.3 is 14.7 Å². The highest BCUT2D eigenvalue weighted by Crippen LogP contribution is 2.28. The Labute approximate surface area is 144 Å². The molecule has 1 aliphatic carbocycles. The van der Waals surface area contributed by atoms with E-state index in [9.17, 15) is 9.90 Å². The molecule has 1 aromatic carbocycles. The molecule has 5 heteroatoms. The van der Waals surface area contributed by atoms with Crippen LogP contribution in [0.1, 0.15) is 31.2 Å². The van der Waals surface area contributed by atoms with Crippen molar-refractivity contribution in [2.75, 3.05) is 32.8 Å². The summed E-state index contributed by atoms with van der Waals surface area (Å²) < 4.78 is 5.86. The van der Waals surface area contributed by atoms with E-state index in [1.165, 1.54) is 12.8 Å². The topological polar surface area (TPSA) is 53.0 Å². The highest BCUT2D eigenvalue weighted by Gasteiger charge is 2.36. The number of amides is 1. The number of fused-ring (bicyclic) bond motifs is 1. The van der Waals surface area contributed by atoms with Gasteiger partial charge in [-0.15, -0.1) is 0 Å². The molecule has 132 valence electrons. The van der Waals surface area contributed by atoms with Gasteiger partial charge in [-0.25, -0.2) is 0 Å². The smallest absolute Gasteiger partial charge is 0.237 e. The van der Waals surface area contributed by atoms with Crippen LogP contribution in [-0.4, -0.2) is 65.8 Å². The molecule has 0 aromatic heterocycles. The van der Waals surface area contributed by atoms with Gasteiger partial charge in [0.25, 0.3) is 0 Å². The van der Waals surface area contributed by atoms with Crippen molar-refractivity contribution in [1.29, 1.82) is 0 Å². The van der Waals surface area contributed by atoms with E-state index in [4.69, 9.17) is 4.74 Å². The van der Waals surface area contributed by atoms with Crippen molar-refractivity contribution >= 4 is 5.91 Å². The van der Waals surface area contributed by atoms with E-state index >= 15 is 0 Å². The number of rotatable bonds is 6. The van der Waals surface area contributed by atoms with Crippen LogP contribution in [0.2, 0.25) is 0 Å². The van der Waals surface area contributed by atoms with Crippen molar-refractivity contribution in [3.63, 3.8) is 0 Å². The third-order valence-electron chi connectivity index (χ3n) is 5.08. The molecule has 2 atom stereocenters. The minimum Gasteiger partial charge on any atom is -0.395 e. The first kappa shape index (κ1) is 17.4. The Hall–Kier alpha value is -1.43. The van der Waals surface area contributed by atoms with Crippen LogP contribution in [0.25, 0.3) is 0 Å². The van der Waals surface area contributed by atoms with Crippen molar-refractivity contribution in [3.8, 4) is 0 Å². The van der Waals surface area contributed by atoms with Gasteiger partial charge in [-0.1, -0.05) is 43.2 Å². The fourth-order valence-electron chi connectivity index (χ4n) is 3.89. The molecular formula is C19H28N2O3. The molecule has 0 unspecified atom stereocenters. The second kappa shape index (κ2) is 8.60. The van der Waals surface area contributed by atoms with Crippen LogP contribution in [0.4, 0.5) is 0 Å². The van der Waals surface area contributed by atoms with Gasteiger partial charge in [-0.2, -0.15) is 0 Å². The first-order valence-corrected chi connectivity index (χ1v) is 9.06. The Morgan fingerprint density at radius 3 is 2.83 bits per heavy atom. The standard InChI is InChI=1S/C19H28N2O3/c22-12-10-20(14-16-6-2-1-3-7-16)15-19(23)21-11-13-24-18-9-5-4-8-17(18)21/h1-3,6-7,17-18,22H,4-5,8-15H2/t17-,18+/m0/s1. The molecule has 1 amide bonds. The quantitative estimate of drug-likeness (QED) is 0.861. The highest BCUT2D eigenvalue weighted by molar-refractivity contribution is 5.78. The van der Waals surface area contributed by atoms with Crippen molar-refractivity contribution in [2.45, 2.75) is 44.4 Å². The number of benzene rings is 1. The Morgan fingerprint density at radius 1 is 1.25 bits per heavy atom. The zero-order valence-corrected chi connectivity index (χ0v) is 14.3. The Kier molecular flexibility index (Phi) is 6.24. The SMILES string of the molecule is O=C(CN(CCO)Cc1ccccc1)N1CCO[C@@H]2CCCC[C@@H]21. The number of morpholine rings is 1. The molecule has 0 spiro atoms. The maximum Gasteiger partial charge on any atom is 0.237 e. The van der Waals surface area contributed by atoms with Crippen molar-refractivity contribution < 1.29 is 14.6 Å². The third-order valence-corrected chi connectivity index (χ3v) is 5.08. The van der Waals surface area contributed by atoms with Gasteiger partial charge >= 0.3 is 0 Å². The number of hydrogen-bond acceptors (Lipinski definition) is 4. The lowest BCUT2D eigenvalue weighted by Gasteiger charge is -2.44. The molecule has 0 radical (unpaired) electrons. The van der Waals surface area contributed by atoms with Crippen molar-refractivity contribution in [2.24, 2.45) is 0 Å². The van der Waals surface area contributed by atoms with Gasteiger partial charge in [0.15, 0.2) is 0 Å². The third kappa shape index (κ3) is 4.35. The fraction of sp³-hybridized carbons (Fsp3) is 0.632. The summed E-state index contributed by atoms with van der Waals surface area (Å²) in [6, 6.07) is 10.3. The minimum absolute atomic E-state index is 0.0648. The monoisotopic (exact) mass is 332 g/mol. The van der Waals surface area contributed by atoms with E-state index in [0.717, 1.165) is 18.4 Å². The second-order valence-corrected chi connectivity index (χ2v) is 6.77. The number of carbonyl (C=O) groups excluding carboxylic acids is 1. The zero-order chi connectivity index (χ0) is 16.8. The summed E-state index contributed by atoms with van der Waals surface area (Å²) in [6.45, 7) is 2.96. The minimum atomic E-state index is 0.0648. The van der Waals surface area contributed by atoms with E-state index in [-0.39, 0.29) is 24.7 Å². The first-order chi connectivity index (χ1) is 11.8. The molecular weight excluding hydrogens is 304 g/mol. The van der Waals surface area contributed by atoms with Gasteiger partial charge in [0.1, 0.15) is 0 Å². The van der Waals surface area contributed by atoms with Crippen LogP contribution in [0, 0.1) is 0 Å². The molecule has 5 nitrogen and oxygen atoms in total. The highest BCUT2D eigenvalue weighted by atomic mass is 16.5. The summed E-state index contributed by atoms with van der Waals surface area (Å²) in [4.78, 5) is 16.9. The van der Waals surface area contributed by atoms with Crippen LogP contribution in [0.5, 0.6) is 0 Å². The predicted octanol–water partition coefficient (Wildman–Crippen LogP) is 1.65. The lowest BCUT2D eigenvalue weighted by atomic mass is 9.90. The molecule has 1 N–H and O–H groups in total. The molecule has 3 rings (SSSR count). The summed E-state index contributed by atoms with van der Waals surface area (Å²) in [5.74, 6) is 0.166. The van der Waals surface area contributed by atoms with Crippen LogP contribution >= 0.6 is 0 Å². The van der Waals surface area contributed by atoms with Crippen LogP contribution < -0.4 is 0 Å². The Bertz CT molecular complexity index is 521. The lowest BCUT2D eigenvalue weighted by Crippen LogP contribution is -2.56. The van der Waals surface area contributed by atoms with Crippen molar-refractivity contribution in [1.82, 2.24) is 9.80 Å². The molecule has 2 fully saturated rings. The number of hydrogen-bond donors (Lipinski definition) is 1. The van der Waals surface area contributed by atoms with E-state index in [0.29, 0.717) is 32.8 Å². The molecule has 1 saturated heterocycles. The summed E-state index contributed by atoms with van der Waals surface area (Å²) in [5.41, 5.74) is 1.16. The largest absolute Gasteiger partial charge is 0.395 e. The summed E-state index contributed by atoms with van der Waals surface area (Å²) in [7, 11) is 0. The number of ether oxygens (including phenoxy) is 1. The van der Waals surface area contributed by atoms with Crippen molar-refractivity contribution in [3.05, 3.63) is 35.9 Å². The molecule has 2 aliphatic rings. The fourth-order valence-corrected chi connectivity index (χ4v) is 3.89. The average molecular weight is 332 g/mol. The van der Waals surface area contributed by atoms with E-state index in [1.807, 2.05) is 28.0 Å². The number of aliphatic hydroxyl groups is 1. The normalized spacial score (nSPS) is 24.0. The maximum absolute atomic E-state index is 12.9. The lowest BCUT2D eigenvalue weighted by molar-refractivity contribution is -0.150. The van der Waals surface area contributed by atoms with Crippen LogP contribution in [-0.2, 0) is 16.1 Å². The molecule has 1 aliphatic heterocycles. The summed E-state index contributed by atoms with van der Waals surface area (Å²) >= 11 is 0.